The fraction of sp³-hybridized carbons (Fsp3) is 0.423. The van der Waals surface area contributed by atoms with Gasteiger partial charge in [-0.05, 0) is 62.9 Å². The van der Waals surface area contributed by atoms with Crippen molar-refractivity contribution in [2.45, 2.75) is 25.0 Å². The Kier molecular flexibility index (Phi) is 6.47. The third-order valence-corrected chi connectivity index (χ3v) is 6.73. The number of nitrogens with two attached hydrogens (primary N) is 1. The Bertz CT molecular complexity index is 1190. The Hall–Kier alpha value is -3.77. The molecule has 1 aromatic heterocycles. The fourth-order valence-corrected chi connectivity index (χ4v) is 5.05. The lowest BCUT2D eigenvalue weighted by atomic mass is 10.0. The quantitative estimate of drug-likeness (QED) is 0.564. The van der Waals surface area contributed by atoms with Crippen molar-refractivity contribution in [3.63, 3.8) is 0 Å². The number of hydrazone groups is 1. The van der Waals surface area contributed by atoms with Crippen LogP contribution in [-0.4, -0.2) is 65.6 Å². The summed E-state index contributed by atoms with van der Waals surface area (Å²) in [5, 5.41) is 14.4. The number of hydrogen-bond acceptors (Lipinski definition) is 9. The number of nitrogens with zero attached hydrogens (tertiary/aromatic N) is 5. The Morgan fingerprint density at radius 2 is 1.97 bits per heavy atom. The summed E-state index contributed by atoms with van der Waals surface area (Å²) in [5.74, 6) is 9.84. The Balaban J connectivity index is 1.20. The maximum Gasteiger partial charge on any atom is 0.206 e. The van der Waals surface area contributed by atoms with Crippen LogP contribution in [0.4, 0.5) is 5.82 Å². The van der Waals surface area contributed by atoms with Crippen LogP contribution in [0.15, 0.2) is 53.5 Å². The van der Waals surface area contributed by atoms with Gasteiger partial charge >= 0.3 is 0 Å². The fourth-order valence-electron chi connectivity index (χ4n) is 5.05. The summed E-state index contributed by atoms with van der Waals surface area (Å²) in [4.78, 5) is 13.3. The van der Waals surface area contributed by atoms with E-state index in [1.165, 1.54) is 0 Å². The molecule has 0 spiro atoms. The van der Waals surface area contributed by atoms with E-state index in [2.05, 4.69) is 37.2 Å². The molecule has 2 aliphatic heterocycles. The molecule has 9 nitrogen and oxygen atoms in total. The second-order valence-electron chi connectivity index (χ2n) is 9.61. The van der Waals surface area contributed by atoms with Crippen LogP contribution in [0.1, 0.15) is 30.3 Å². The average Bonchev–Trinajstić information content (AvgIpc) is 3.40. The molecule has 0 radical (unpaired) electrons. The monoisotopic (exact) mass is 473 g/mol. The normalized spacial score (nSPS) is 25.3. The van der Waals surface area contributed by atoms with E-state index in [0.29, 0.717) is 35.8 Å². The van der Waals surface area contributed by atoms with Crippen LogP contribution >= 0.6 is 0 Å². The van der Waals surface area contributed by atoms with Gasteiger partial charge in [0, 0.05) is 24.8 Å². The first kappa shape index (κ1) is 23.0. The van der Waals surface area contributed by atoms with Crippen molar-refractivity contribution in [2.24, 2.45) is 22.7 Å². The van der Waals surface area contributed by atoms with Gasteiger partial charge in [-0.15, -0.1) is 0 Å². The minimum atomic E-state index is -0.289. The highest BCUT2D eigenvalue weighted by atomic mass is 16.5. The second kappa shape index (κ2) is 9.84. The van der Waals surface area contributed by atoms with Gasteiger partial charge in [0.1, 0.15) is 11.6 Å². The van der Waals surface area contributed by atoms with E-state index in [1.54, 1.807) is 18.3 Å². The summed E-state index contributed by atoms with van der Waals surface area (Å²) in [6.07, 6.45) is 5.70. The molecule has 1 saturated heterocycles. The van der Waals surface area contributed by atoms with Crippen LogP contribution in [0.25, 0.3) is 0 Å². The molecule has 3 heterocycles. The lowest BCUT2D eigenvalue weighted by Crippen LogP contribution is -2.31. The third-order valence-electron chi connectivity index (χ3n) is 6.73. The van der Waals surface area contributed by atoms with Gasteiger partial charge < -0.3 is 20.5 Å². The minimum absolute atomic E-state index is 0.0909. The summed E-state index contributed by atoms with van der Waals surface area (Å²) in [6, 6.07) is 8.87. The smallest absolute Gasteiger partial charge is 0.206 e. The summed E-state index contributed by atoms with van der Waals surface area (Å²) in [7, 11) is 3.97. The number of nitrogens with one attached hydrogen (secondary N) is 1. The van der Waals surface area contributed by atoms with E-state index in [9.17, 15) is 5.11 Å². The van der Waals surface area contributed by atoms with E-state index in [-0.39, 0.29) is 17.9 Å². The number of rotatable bonds is 5. The van der Waals surface area contributed by atoms with Gasteiger partial charge in [-0.25, -0.2) is 9.97 Å². The number of para-hydroxylation sites is 1. The minimum Gasteiger partial charge on any atom is -0.508 e. The zero-order valence-electron chi connectivity index (χ0n) is 20.1. The molecule has 3 unspecified atom stereocenters. The Morgan fingerprint density at radius 3 is 2.71 bits per heavy atom. The van der Waals surface area contributed by atoms with Crippen molar-refractivity contribution < 1.29 is 9.84 Å². The summed E-state index contributed by atoms with van der Waals surface area (Å²) >= 11 is 0. The number of fused-ring (bicyclic) bond motifs is 1. The largest absolute Gasteiger partial charge is 0.508 e. The molecule has 3 aliphatic rings. The third kappa shape index (κ3) is 5.17. The van der Waals surface area contributed by atoms with E-state index in [4.69, 9.17) is 10.5 Å². The zero-order valence-corrected chi connectivity index (χ0v) is 20.1. The average molecular weight is 474 g/mol. The number of aromatic nitrogens is 2. The van der Waals surface area contributed by atoms with Gasteiger partial charge in [0.2, 0.25) is 5.82 Å². The van der Waals surface area contributed by atoms with Crippen LogP contribution in [-0.2, 0) is 4.74 Å². The van der Waals surface area contributed by atoms with Gasteiger partial charge in [0.25, 0.3) is 0 Å². The molecule has 0 amide bonds. The summed E-state index contributed by atoms with van der Waals surface area (Å²) < 4.78 is 6.33. The highest BCUT2D eigenvalue weighted by Crippen LogP contribution is 2.41. The van der Waals surface area contributed by atoms with Crippen molar-refractivity contribution >= 4 is 11.7 Å². The van der Waals surface area contributed by atoms with Crippen LogP contribution in [0.3, 0.4) is 0 Å². The highest BCUT2D eigenvalue weighted by Gasteiger charge is 2.42. The van der Waals surface area contributed by atoms with Crippen LogP contribution in [0.5, 0.6) is 5.75 Å². The second-order valence-corrected chi connectivity index (χ2v) is 9.61. The van der Waals surface area contributed by atoms with Crippen molar-refractivity contribution in [2.75, 3.05) is 38.6 Å². The van der Waals surface area contributed by atoms with E-state index in [1.807, 2.05) is 43.3 Å². The number of anilines is 1. The molecule has 5 rings (SSSR count). The van der Waals surface area contributed by atoms with E-state index in [0.717, 1.165) is 37.3 Å². The maximum atomic E-state index is 10.2. The molecule has 3 atom stereocenters. The van der Waals surface area contributed by atoms with Crippen LogP contribution in [0.2, 0.25) is 0 Å². The molecule has 1 aromatic carbocycles. The SMILES string of the molecule is CN(C)CC#Cc1nccc(N2CC3CC(OC4=CC(c5ccccc5O)NN=C4N)CC3C2)n1. The van der Waals surface area contributed by atoms with Crippen molar-refractivity contribution in [3.8, 4) is 17.6 Å². The molecule has 0 bridgehead atoms. The number of hydrogen-bond donors (Lipinski definition) is 3. The maximum absolute atomic E-state index is 10.2. The lowest BCUT2D eigenvalue weighted by molar-refractivity contribution is 0.126. The number of phenolic OH excluding ortho intramolecular Hbond substituents is 1. The summed E-state index contributed by atoms with van der Waals surface area (Å²) in [5.41, 5.74) is 9.83. The van der Waals surface area contributed by atoms with Gasteiger partial charge in [-0.2, -0.15) is 5.10 Å². The molecular formula is C26H31N7O2. The number of amidine groups is 1. The van der Waals surface area contributed by atoms with Crippen LogP contribution in [0, 0.1) is 23.7 Å². The number of phenols is 1. The topological polar surface area (TPSA) is 112 Å². The molecule has 4 N–H and O–H groups in total. The lowest BCUT2D eigenvalue weighted by Gasteiger charge is -2.25. The number of benzene rings is 1. The van der Waals surface area contributed by atoms with Gasteiger partial charge in [0.05, 0.1) is 18.7 Å². The molecule has 2 fully saturated rings. The predicted octanol–water partition coefficient (Wildman–Crippen LogP) is 1.83. The van der Waals surface area contributed by atoms with Gasteiger partial charge in [-0.3, -0.25) is 10.3 Å². The molecule has 9 heteroatoms. The van der Waals surface area contributed by atoms with Gasteiger partial charge in [0.15, 0.2) is 11.6 Å². The van der Waals surface area contributed by atoms with Crippen molar-refractivity contribution in [3.05, 3.63) is 59.8 Å². The summed E-state index contributed by atoms with van der Waals surface area (Å²) in [6.45, 7) is 2.56. The molecule has 35 heavy (non-hydrogen) atoms. The molecular weight excluding hydrogens is 442 g/mol. The van der Waals surface area contributed by atoms with Crippen LogP contribution < -0.4 is 16.1 Å². The Morgan fingerprint density at radius 1 is 1.20 bits per heavy atom. The molecule has 182 valence electrons. The highest BCUT2D eigenvalue weighted by molar-refractivity contribution is 5.95. The van der Waals surface area contributed by atoms with E-state index >= 15 is 0 Å². The molecule has 2 aromatic rings. The molecule has 1 saturated carbocycles. The predicted molar refractivity (Wildman–Crippen MR) is 134 cm³/mol. The first-order valence-electron chi connectivity index (χ1n) is 11.9. The molecule has 1 aliphatic carbocycles. The Labute approximate surface area is 205 Å². The standard InChI is InChI=1S/C26H31N7O2/c1-32(2)11-5-8-24-28-10-9-25(29-24)33-15-17-12-19(13-18(17)16-33)35-23-14-21(30-31-26(23)27)20-6-3-4-7-22(20)34/h3-4,6-7,9-10,14,17-19,21,30,34H,11-13,15-16H2,1-2H3,(H2,27,31). The van der Waals surface area contributed by atoms with E-state index < -0.39 is 0 Å². The first-order valence-corrected chi connectivity index (χ1v) is 11.9. The zero-order chi connectivity index (χ0) is 24.4. The number of aromatic hydroxyl groups is 1. The van der Waals surface area contributed by atoms with Crippen molar-refractivity contribution in [1.82, 2.24) is 20.3 Å². The number of ether oxygens (including phenoxy) is 1. The van der Waals surface area contributed by atoms with Crippen molar-refractivity contribution in [1.29, 1.82) is 0 Å². The van der Waals surface area contributed by atoms with Gasteiger partial charge in [-0.1, -0.05) is 24.1 Å². The first-order chi connectivity index (χ1) is 17.0.